The quantitative estimate of drug-likeness (QED) is 0.698. The van der Waals surface area contributed by atoms with Gasteiger partial charge in [-0.05, 0) is 26.7 Å². The number of fused-ring (bicyclic) bond motifs is 1. The van der Waals surface area contributed by atoms with Crippen molar-refractivity contribution in [1.82, 2.24) is 23.5 Å². The summed E-state index contributed by atoms with van der Waals surface area (Å²) in [6.45, 7) is 5.61. The Hall–Kier alpha value is -1.71. The lowest BCUT2D eigenvalue weighted by molar-refractivity contribution is 0.314. The Labute approximate surface area is 151 Å². The summed E-state index contributed by atoms with van der Waals surface area (Å²) in [5.74, 6) is 1.09. The Balaban J connectivity index is 1.63. The van der Waals surface area contributed by atoms with Crippen LogP contribution in [0.15, 0.2) is 28.9 Å². The number of rotatable bonds is 4. The molecule has 134 valence electrons. The van der Waals surface area contributed by atoms with Crippen molar-refractivity contribution in [3.05, 3.63) is 35.5 Å². The minimum absolute atomic E-state index is 0.132. The highest BCUT2D eigenvalue weighted by Crippen LogP contribution is 2.33. The maximum absolute atomic E-state index is 13.0. The molecule has 0 saturated carbocycles. The lowest BCUT2D eigenvalue weighted by Crippen LogP contribution is -2.39. The number of hydrogen-bond donors (Lipinski definition) is 0. The van der Waals surface area contributed by atoms with E-state index in [1.165, 1.54) is 6.20 Å². The summed E-state index contributed by atoms with van der Waals surface area (Å²) >= 11 is 1.66. The zero-order chi connectivity index (χ0) is 17.6. The molecule has 0 spiro atoms. The molecule has 0 aromatic carbocycles. The van der Waals surface area contributed by atoms with Crippen LogP contribution in [0, 0.1) is 6.92 Å². The van der Waals surface area contributed by atoms with Crippen LogP contribution in [0.3, 0.4) is 0 Å². The zero-order valence-corrected chi connectivity index (χ0v) is 15.9. The summed E-state index contributed by atoms with van der Waals surface area (Å²) in [6.07, 6.45) is 6.87. The molecule has 0 bridgehead atoms. The largest absolute Gasteiger partial charge is 0.294 e. The van der Waals surface area contributed by atoms with Gasteiger partial charge < -0.3 is 0 Å². The van der Waals surface area contributed by atoms with Gasteiger partial charge in [-0.25, -0.2) is 13.4 Å². The number of aryl methyl sites for hydroxylation is 2. The van der Waals surface area contributed by atoms with E-state index in [0.717, 1.165) is 29.2 Å². The van der Waals surface area contributed by atoms with Gasteiger partial charge in [0.1, 0.15) is 15.6 Å². The number of aromatic nitrogens is 4. The molecule has 25 heavy (non-hydrogen) atoms. The molecule has 1 fully saturated rings. The van der Waals surface area contributed by atoms with Crippen LogP contribution in [0.2, 0.25) is 0 Å². The van der Waals surface area contributed by atoms with Gasteiger partial charge in [0.2, 0.25) is 10.0 Å². The summed E-state index contributed by atoms with van der Waals surface area (Å²) in [6, 6.07) is 0. The molecule has 9 heteroatoms. The van der Waals surface area contributed by atoms with Crippen molar-refractivity contribution in [2.24, 2.45) is 0 Å². The zero-order valence-electron chi connectivity index (χ0n) is 14.3. The second kappa shape index (κ2) is 6.22. The van der Waals surface area contributed by atoms with Gasteiger partial charge in [0.25, 0.3) is 0 Å². The summed E-state index contributed by atoms with van der Waals surface area (Å²) in [4.78, 5) is 6.12. The van der Waals surface area contributed by atoms with Crippen LogP contribution in [0.5, 0.6) is 0 Å². The predicted molar refractivity (Wildman–Crippen MR) is 96.4 cm³/mol. The summed E-state index contributed by atoms with van der Waals surface area (Å²) < 4.78 is 31.2. The second-order valence-corrected chi connectivity index (χ2v) is 9.19. The fourth-order valence-electron chi connectivity index (χ4n) is 3.44. The highest BCUT2D eigenvalue weighted by Gasteiger charge is 2.33. The third kappa shape index (κ3) is 2.80. The molecule has 1 aliphatic rings. The standard InChI is InChI=1S/C16H21N5O2S2/c1-3-19-11-14(9-17-19)25(22,23)20-6-4-5-13(10-20)15-16-21(7-8-24-16)12(2)18-15/h7-9,11,13H,3-6,10H2,1-2H3. The Morgan fingerprint density at radius 3 is 3.00 bits per heavy atom. The first-order chi connectivity index (χ1) is 12.0. The van der Waals surface area contributed by atoms with Gasteiger partial charge in [0.05, 0.1) is 11.9 Å². The van der Waals surface area contributed by atoms with Crippen molar-refractivity contribution in [1.29, 1.82) is 0 Å². The fraction of sp³-hybridized carbons (Fsp3) is 0.500. The molecule has 4 heterocycles. The van der Waals surface area contributed by atoms with Crippen molar-refractivity contribution < 1.29 is 8.42 Å². The van der Waals surface area contributed by atoms with E-state index in [-0.39, 0.29) is 10.8 Å². The number of piperidine rings is 1. The predicted octanol–water partition coefficient (Wildman–Crippen LogP) is 2.49. The van der Waals surface area contributed by atoms with Crippen LogP contribution in [0.4, 0.5) is 0 Å². The first-order valence-corrected chi connectivity index (χ1v) is 10.8. The van der Waals surface area contributed by atoms with Gasteiger partial charge in [-0.1, -0.05) is 0 Å². The number of imidazole rings is 1. The molecule has 1 atom stereocenters. The third-order valence-electron chi connectivity index (χ3n) is 4.80. The van der Waals surface area contributed by atoms with E-state index < -0.39 is 10.0 Å². The molecule has 3 aromatic rings. The van der Waals surface area contributed by atoms with Crippen LogP contribution in [0.1, 0.15) is 37.2 Å². The Morgan fingerprint density at radius 1 is 1.40 bits per heavy atom. The molecule has 7 nitrogen and oxygen atoms in total. The Kier molecular flexibility index (Phi) is 4.17. The van der Waals surface area contributed by atoms with Gasteiger partial charge in [-0.2, -0.15) is 9.40 Å². The van der Waals surface area contributed by atoms with E-state index in [2.05, 4.69) is 9.50 Å². The lowest BCUT2D eigenvalue weighted by atomic mass is 9.97. The van der Waals surface area contributed by atoms with Crippen LogP contribution >= 0.6 is 11.3 Å². The molecular formula is C16H21N5O2S2. The van der Waals surface area contributed by atoms with Crippen molar-refractivity contribution in [2.75, 3.05) is 13.1 Å². The second-order valence-electron chi connectivity index (χ2n) is 6.36. The summed E-state index contributed by atoms with van der Waals surface area (Å²) in [5, 5.41) is 6.15. The van der Waals surface area contributed by atoms with Crippen LogP contribution in [-0.4, -0.2) is 45.0 Å². The summed E-state index contributed by atoms with van der Waals surface area (Å²) in [7, 11) is -3.51. The maximum atomic E-state index is 13.0. The number of thiazole rings is 1. The van der Waals surface area contributed by atoms with Crippen molar-refractivity contribution in [2.45, 2.75) is 44.0 Å². The third-order valence-corrected chi connectivity index (χ3v) is 7.51. The molecular weight excluding hydrogens is 358 g/mol. The Bertz CT molecular complexity index is 1000. The molecule has 3 aromatic heterocycles. The van der Waals surface area contributed by atoms with Gasteiger partial charge in [0.15, 0.2) is 0 Å². The molecule has 1 aliphatic heterocycles. The van der Waals surface area contributed by atoms with E-state index in [4.69, 9.17) is 4.98 Å². The number of nitrogens with zero attached hydrogens (tertiary/aromatic N) is 5. The minimum atomic E-state index is -3.51. The van der Waals surface area contributed by atoms with Crippen LogP contribution in [0.25, 0.3) is 4.83 Å². The normalized spacial score (nSPS) is 19.7. The van der Waals surface area contributed by atoms with Crippen molar-refractivity contribution >= 4 is 26.2 Å². The molecule has 4 rings (SSSR count). The van der Waals surface area contributed by atoms with E-state index in [1.807, 2.05) is 25.4 Å². The number of sulfonamides is 1. The Morgan fingerprint density at radius 2 is 2.24 bits per heavy atom. The van der Waals surface area contributed by atoms with Crippen LogP contribution in [-0.2, 0) is 16.6 Å². The lowest BCUT2D eigenvalue weighted by Gasteiger charge is -2.30. The first-order valence-electron chi connectivity index (χ1n) is 8.45. The first kappa shape index (κ1) is 16.7. The van der Waals surface area contributed by atoms with Crippen LogP contribution < -0.4 is 0 Å². The summed E-state index contributed by atoms with van der Waals surface area (Å²) in [5.41, 5.74) is 1.02. The highest BCUT2D eigenvalue weighted by molar-refractivity contribution is 7.89. The fourth-order valence-corrected chi connectivity index (χ4v) is 5.87. The van der Waals surface area contributed by atoms with E-state index in [1.54, 1.807) is 26.5 Å². The highest BCUT2D eigenvalue weighted by atomic mass is 32.2. The smallest absolute Gasteiger partial charge is 0.246 e. The van der Waals surface area contributed by atoms with Crippen molar-refractivity contribution in [3.8, 4) is 0 Å². The average Bonchev–Trinajstić information content (AvgIpc) is 3.33. The maximum Gasteiger partial charge on any atom is 0.246 e. The molecule has 1 unspecified atom stereocenters. The molecule has 0 amide bonds. The van der Waals surface area contributed by atoms with Gasteiger partial charge >= 0.3 is 0 Å². The van der Waals surface area contributed by atoms with Crippen molar-refractivity contribution in [3.63, 3.8) is 0 Å². The van der Waals surface area contributed by atoms with E-state index in [0.29, 0.717) is 19.6 Å². The van der Waals surface area contributed by atoms with Gasteiger partial charge in [-0.15, -0.1) is 11.3 Å². The van der Waals surface area contributed by atoms with Gasteiger partial charge in [-0.3, -0.25) is 9.08 Å². The SMILES string of the molecule is CCn1cc(S(=O)(=O)N2CCCC(c3nc(C)n4ccsc34)C2)cn1. The van der Waals surface area contributed by atoms with Gasteiger partial charge in [0, 0.05) is 43.3 Å². The molecule has 0 aliphatic carbocycles. The molecule has 0 radical (unpaired) electrons. The molecule has 1 saturated heterocycles. The minimum Gasteiger partial charge on any atom is -0.294 e. The number of hydrogen-bond acceptors (Lipinski definition) is 5. The monoisotopic (exact) mass is 379 g/mol. The molecule has 0 N–H and O–H groups in total. The average molecular weight is 380 g/mol. The van der Waals surface area contributed by atoms with E-state index in [9.17, 15) is 8.42 Å². The van der Waals surface area contributed by atoms with E-state index >= 15 is 0 Å². The topological polar surface area (TPSA) is 72.5 Å².